The maximum atomic E-state index is 8.70. The highest BCUT2D eigenvalue weighted by atomic mass is 16.4. The van der Waals surface area contributed by atoms with Crippen LogP contribution in [0.1, 0.15) is 38.5 Å². The molecule has 13 heavy (non-hydrogen) atoms. The first-order valence-electron chi connectivity index (χ1n) is 5.48. The summed E-state index contributed by atoms with van der Waals surface area (Å²) >= 11 is 0. The van der Waals surface area contributed by atoms with Crippen molar-refractivity contribution >= 4 is 6.21 Å². The van der Waals surface area contributed by atoms with E-state index >= 15 is 0 Å². The van der Waals surface area contributed by atoms with Gasteiger partial charge >= 0.3 is 0 Å². The van der Waals surface area contributed by atoms with Crippen LogP contribution in [0.15, 0.2) is 5.16 Å². The molecule has 0 saturated heterocycles. The molecule has 0 radical (unpaired) electrons. The largest absolute Gasteiger partial charge is 0.411 e. The Bertz CT molecular complexity index is 211. The monoisotopic (exact) mass is 179 g/mol. The standard InChI is InChI=1S/C11H17NO/c13-12-7-11-4-8-1-9(5-11)3-10(2-8)6-11/h7-10,13H,1-6H2/b12-7+. The van der Waals surface area contributed by atoms with Crippen LogP contribution in [-0.4, -0.2) is 11.4 Å². The number of hydrogen-bond donors (Lipinski definition) is 1. The molecule has 4 aliphatic rings. The van der Waals surface area contributed by atoms with Gasteiger partial charge < -0.3 is 5.21 Å². The lowest BCUT2D eigenvalue weighted by molar-refractivity contribution is -0.0107. The van der Waals surface area contributed by atoms with E-state index in [0.717, 1.165) is 17.8 Å². The van der Waals surface area contributed by atoms with Crippen LogP contribution < -0.4 is 0 Å². The molecule has 2 nitrogen and oxygen atoms in total. The summed E-state index contributed by atoms with van der Waals surface area (Å²) in [5, 5.41) is 12.0. The third-order valence-corrected chi connectivity index (χ3v) is 4.42. The molecular formula is C11H17NO. The minimum absolute atomic E-state index is 0.309. The topological polar surface area (TPSA) is 32.6 Å². The van der Waals surface area contributed by atoms with E-state index in [1.807, 2.05) is 6.21 Å². The van der Waals surface area contributed by atoms with E-state index in [1.54, 1.807) is 0 Å². The Labute approximate surface area is 79.0 Å². The van der Waals surface area contributed by atoms with E-state index in [9.17, 15) is 0 Å². The Morgan fingerprint density at radius 1 is 1.00 bits per heavy atom. The van der Waals surface area contributed by atoms with Crippen LogP contribution in [0.4, 0.5) is 0 Å². The van der Waals surface area contributed by atoms with Gasteiger partial charge in [0.15, 0.2) is 0 Å². The summed E-state index contributed by atoms with van der Waals surface area (Å²) in [4.78, 5) is 0. The Morgan fingerprint density at radius 3 is 1.85 bits per heavy atom. The van der Waals surface area contributed by atoms with E-state index in [0.29, 0.717) is 5.41 Å². The van der Waals surface area contributed by atoms with Crippen molar-refractivity contribution in [2.75, 3.05) is 0 Å². The fourth-order valence-electron chi connectivity index (χ4n) is 4.46. The van der Waals surface area contributed by atoms with Gasteiger partial charge in [-0.15, -0.1) is 5.16 Å². The first-order chi connectivity index (χ1) is 6.30. The number of oxime groups is 1. The van der Waals surface area contributed by atoms with Crippen LogP contribution >= 0.6 is 0 Å². The lowest BCUT2D eigenvalue weighted by atomic mass is 9.50. The van der Waals surface area contributed by atoms with Gasteiger partial charge in [0.1, 0.15) is 0 Å². The Balaban J connectivity index is 1.91. The molecule has 0 aliphatic heterocycles. The maximum Gasteiger partial charge on any atom is 0.0498 e. The fourth-order valence-corrected chi connectivity index (χ4v) is 4.46. The molecule has 4 bridgehead atoms. The van der Waals surface area contributed by atoms with Gasteiger partial charge in [0.05, 0.1) is 0 Å². The van der Waals surface area contributed by atoms with Crippen molar-refractivity contribution in [1.29, 1.82) is 0 Å². The molecule has 72 valence electrons. The van der Waals surface area contributed by atoms with Crippen LogP contribution in [0.25, 0.3) is 0 Å². The van der Waals surface area contributed by atoms with E-state index in [1.165, 1.54) is 38.5 Å². The van der Waals surface area contributed by atoms with E-state index < -0.39 is 0 Å². The molecule has 4 fully saturated rings. The smallest absolute Gasteiger partial charge is 0.0498 e. The van der Waals surface area contributed by atoms with Crippen LogP contribution in [0.2, 0.25) is 0 Å². The second-order valence-electron chi connectivity index (χ2n) is 5.52. The van der Waals surface area contributed by atoms with Crippen LogP contribution in [0.5, 0.6) is 0 Å². The summed E-state index contributed by atoms with van der Waals surface area (Å²) in [6, 6.07) is 0. The van der Waals surface area contributed by atoms with Gasteiger partial charge in [-0.2, -0.15) is 0 Å². The molecular weight excluding hydrogens is 162 g/mol. The maximum absolute atomic E-state index is 8.70. The summed E-state index contributed by atoms with van der Waals surface area (Å²) in [5.41, 5.74) is 0.309. The molecule has 4 saturated carbocycles. The highest BCUT2D eigenvalue weighted by Gasteiger charge is 2.50. The lowest BCUT2D eigenvalue weighted by Gasteiger charge is -2.55. The van der Waals surface area contributed by atoms with Crippen molar-refractivity contribution in [3.05, 3.63) is 0 Å². The zero-order valence-electron chi connectivity index (χ0n) is 7.95. The van der Waals surface area contributed by atoms with Gasteiger partial charge in [-0.3, -0.25) is 0 Å². The van der Waals surface area contributed by atoms with Gasteiger partial charge in [-0.1, -0.05) is 0 Å². The molecule has 0 aromatic rings. The highest BCUT2D eigenvalue weighted by Crippen LogP contribution is 2.59. The molecule has 0 atom stereocenters. The molecule has 4 rings (SSSR count). The van der Waals surface area contributed by atoms with Crippen LogP contribution in [-0.2, 0) is 0 Å². The zero-order valence-corrected chi connectivity index (χ0v) is 7.95. The average molecular weight is 179 g/mol. The van der Waals surface area contributed by atoms with Crippen molar-refractivity contribution in [3.63, 3.8) is 0 Å². The predicted octanol–water partition coefficient (Wildman–Crippen LogP) is 2.66. The third-order valence-electron chi connectivity index (χ3n) is 4.42. The first kappa shape index (κ1) is 7.84. The van der Waals surface area contributed by atoms with Crippen molar-refractivity contribution in [2.45, 2.75) is 38.5 Å². The second-order valence-corrected chi connectivity index (χ2v) is 5.52. The Hall–Kier alpha value is -0.530. The van der Waals surface area contributed by atoms with Crippen molar-refractivity contribution in [3.8, 4) is 0 Å². The zero-order chi connectivity index (χ0) is 8.89. The summed E-state index contributed by atoms with van der Waals surface area (Å²) in [6.45, 7) is 0. The highest BCUT2D eigenvalue weighted by molar-refractivity contribution is 5.66. The Kier molecular flexibility index (Phi) is 1.50. The predicted molar refractivity (Wildman–Crippen MR) is 50.9 cm³/mol. The molecule has 1 N–H and O–H groups in total. The quantitative estimate of drug-likeness (QED) is 0.374. The molecule has 0 unspecified atom stereocenters. The van der Waals surface area contributed by atoms with Gasteiger partial charge in [0.2, 0.25) is 0 Å². The summed E-state index contributed by atoms with van der Waals surface area (Å²) in [6.07, 6.45) is 10.1. The van der Waals surface area contributed by atoms with Crippen LogP contribution in [0.3, 0.4) is 0 Å². The van der Waals surface area contributed by atoms with Crippen LogP contribution in [0, 0.1) is 23.2 Å². The van der Waals surface area contributed by atoms with Gasteiger partial charge in [-0.25, -0.2) is 0 Å². The normalized spacial score (nSPS) is 53.4. The number of nitrogens with zero attached hydrogens (tertiary/aromatic N) is 1. The first-order valence-corrected chi connectivity index (χ1v) is 5.48. The minimum Gasteiger partial charge on any atom is -0.411 e. The van der Waals surface area contributed by atoms with E-state index in [-0.39, 0.29) is 0 Å². The SMILES string of the molecule is O/N=C/C12CC3CC(CC(C3)C1)C2. The van der Waals surface area contributed by atoms with Gasteiger partial charge in [0.25, 0.3) is 0 Å². The lowest BCUT2D eigenvalue weighted by Crippen LogP contribution is -2.46. The summed E-state index contributed by atoms with van der Waals surface area (Å²) < 4.78 is 0. The molecule has 0 aromatic carbocycles. The average Bonchev–Trinajstić information content (AvgIpc) is 2.00. The molecule has 0 aromatic heterocycles. The molecule has 0 amide bonds. The fraction of sp³-hybridized carbons (Fsp3) is 0.909. The Morgan fingerprint density at radius 2 is 1.46 bits per heavy atom. The van der Waals surface area contributed by atoms with Crippen molar-refractivity contribution in [1.82, 2.24) is 0 Å². The molecule has 4 aliphatic carbocycles. The molecule has 0 heterocycles. The van der Waals surface area contributed by atoms with E-state index in [4.69, 9.17) is 5.21 Å². The molecule has 0 spiro atoms. The van der Waals surface area contributed by atoms with Crippen molar-refractivity contribution in [2.24, 2.45) is 28.3 Å². The molecule has 2 heteroatoms. The summed E-state index contributed by atoms with van der Waals surface area (Å²) in [5.74, 6) is 2.85. The van der Waals surface area contributed by atoms with Crippen molar-refractivity contribution < 1.29 is 5.21 Å². The van der Waals surface area contributed by atoms with E-state index in [2.05, 4.69) is 5.16 Å². The number of hydrogen-bond acceptors (Lipinski definition) is 2. The third kappa shape index (κ3) is 1.11. The van der Waals surface area contributed by atoms with Gasteiger partial charge in [0, 0.05) is 11.6 Å². The summed E-state index contributed by atoms with van der Waals surface area (Å²) in [7, 11) is 0. The van der Waals surface area contributed by atoms with Gasteiger partial charge in [-0.05, 0) is 56.3 Å². The second kappa shape index (κ2) is 2.49. The number of rotatable bonds is 1. The minimum atomic E-state index is 0.309.